The summed E-state index contributed by atoms with van der Waals surface area (Å²) in [5.41, 5.74) is 0. The maximum Gasteiger partial charge on any atom is 0.305 e. The van der Waals surface area contributed by atoms with E-state index in [0.29, 0.717) is 25.9 Å². The van der Waals surface area contributed by atoms with Gasteiger partial charge in [0.2, 0.25) is 5.91 Å². The van der Waals surface area contributed by atoms with E-state index < -0.39 is 12.1 Å². The van der Waals surface area contributed by atoms with Gasteiger partial charge in [0, 0.05) is 12.8 Å². The number of amides is 1. The summed E-state index contributed by atoms with van der Waals surface area (Å²) < 4.78 is 5.50. The zero-order chi connectivity index (χ0) is 59.2. The summed E-state index contributed by atoms with van der Waals surface area (Å²) in [6.45, 7) is 4.97. The number of unbranched alkanes of at least 4 members (excludes halogenated alkanes) is 53. The van der Waals surface area contributed by atoms with E-state index in [-0.39, 0.29) is 18.5 Å². The summed E-state index contributed by atoms with van der Waals surface area (Å²) in [5, 5.41) is 23.4. The number of nitrogens with one attached hydrogen (secondary N) is 1. The van der Waals surface area contributed by atoms with Crippen LogP contribution in [0.2, 0.25) is 0 Å². The number of aliphatic hydroxyl groups excluding tert-OH is 2. The number of rotatable bonds is 70. The average Bonchev–Trinajstić information content (AvgIpc) is 3.48. The quantitative estimate of drug-likeness (QED) is 0.0320. The minimum absolute atomic E-state index is 0.0109. The number of hydrogen-bond donors (Lipinski definition) is 3. The molecular formula is C76H145NO5. The highest BCUT2D eigenvalue weighted by Crippen LogP contribution is 2.19. The maximum absolute atomic E-state index is 12.5. The van der Waals surface area contributed by atoms with Crippen molar-refractivity contribution in [2.24, 2.45) is 0 Å². The van der Waals surface area contributed by atoms with Crippen molar-refractivity contribution in [1.29, 1.82) is 0 Å². The molecule has 0 rings (SSSR count). The second-order valence-electron chi connectivity index (χ2n) is 25.6. The summed E-state index contributed by atoms with van der Waals surface area (Å²) in [4.78, 5) is 24.6. The zero-order valence-corrected chi connectivity index (χ0v) is 55.5. The van der Waals surface area contributed by atoms with Crippen molar-refractivity contribution in [3.63, 3.8) is 0 Å². The van der Waals surface area contributed by atoms with Crippen molar-refractivity contribution < 1.29 is 24.5 Å². The third kappa shape index (κ3) is 67.2. The molecule has 3 N–H and O–H groups in total. The topological polar surface area (TPSA) is 95.9 Å². The normalized spacial score (nSPS) is 12.7. The van der Waals surface area contributed by atoms with Gasteiger partial charge in [-0.05, 0) is 83.5 Å². The molecule has 6 heteroatoms. The highest BCUT2D eigenvalue weighted by Gasteiger charge is 2.20. The molecule has 0 heterocycles. The molecule has 0 bridgehead atoms. The van der Waals surface area contributed by atoms with E-state index >= 15 is 0 Å². The van der Waals surface area contributed by atoms with Crippen molar-refractivity contribution in [3.8, 4) is 0 Å². The summed E-state index contributed by atoms with van der Waals surface area (Å²) in [6.07, 6.45) is 92.1. The molecule has 0 aliphatic rings. The van der Waals surface area contributed by atoms with Gasteiger partial charge >= 0.3 is 5.97 Å². The van der Waals surface area contributed by atoms with Crippen molar-refractivity contribution in [1.82, 2.24) is 5.32 Å². The van der Waals surface area contributed by atoms with Gasteiger partial charge in [-0.1, -0.05) is 352 Å². The van der Waals surface area contributed by atoms with Crippen molar-refractivity contribution in [3.05, 3.63) is 36.5 Å². The monoisotopic (exact) mass is 1150 g/mol. The molecule has 6 nitrogen and oxygen atoms in total. The van der Waals surface area contributed by atoms with Crippen LogP contribution >= 0.6 is 0 Å². The van der Waals surface area contributed by atoms with Crippen molar-refractivity contribution in [2.45, 2.75) is 424 Å². The van der Waals surface area contributed by atoms with Gasteiger partial charge < -0.3 is 20.3 Å². The molecule has 0 saturated carbocycles. The Morgan fingerprint density at radius 1 is 0.341 bits per heavy atom. The number of carbonyl (C=O) groups is 2. The fourth-order valence-electron chi connectivity index (χ4n) is 11.7. The van der Waals surface area contributed by atoms with Crippen LogP contribution in [-0.2, 0) is 14.3 Å². The predicted octanol–water partition coefficient (Wildman–Crippen LogP) is 24.3. The van der Waals surface area contributed by atoms with Gasteiger partial charge in [-0.25, -0.2) is 0 Å². The van der Waals surface area contributed by atoms with Crippen LogP contribution in [0.1, 0.15) is 412 Å². The largest absolute Gasteiger partial charge is 0.466 e. The second-order valence-corrected chi connectivity index (χ2v) is 25.6. The van der Waals surface area contributed by atoms with E-state index in [4.69, 9.17) is 4.74 Å². The predicted molar refractivity (Wildman–Crippen MR) is 361 cm³/mol. The van der Waals surface area contributed by atoms with Crippen LogP contribution in [0, 0.1) is 0 Å². The zero-order valence-electron chi connectivity index (χ0n) is 55.5. The molecule has 484 valence electrons. The molecule has 0 aromatic heterocycles. The Hall–Kier alpha value is -1.92. The number of allylic oxidation sites excluding steroid dienone is 6. The molecule has 0 aromatic carbocycles. The van der Waals surface area contributed by atoms with Crippen LogP contribution in [0.4, 0.5) is 0 Å². The summed E-state index contributed by atoms with van der Waals surface area (Å²) in [6, 6.07) is -0.540. The lowest BCUT2D eigenvalue weighted by atomic mass is 10.0. The van der Waals surface area contributed by atoms with E-state index in [1.165, 1.54) is 327 Å². The lowest BCUT2D eigenvalue weighted by molar-refractivity contribution is -0.143. The summed E-state index contributed by atoms with van der Waals surface area (Å²) >= 11 is 0. The lowest BCUT2D eigenvalue weighted by Gasteiger charge is -2.22. The molecule has 0 spiro atoms. The molecule has 1 amide bonds. The van der Waals surface area contributed by atoms with Gasteiger partial charge in [0.05, 0.1) is 25.4 Å². The highest BCUT2D eigenvalue weighted by atomic mass is 16.5. The fraction of sp³-hybridized carbons (Fsp3) is 0.895. The third-order valence-electron chi connectivity index (χ3n) is 17.4. The minimum atomic E-state index is -0.663. The van der Waals surface area contributed by atoms with Crippen LogP contribution in [0.5, 0.6) is 0 Å². The van der Waals surface area contributed by atoms with Crippen LogP contribution < -0.4 is 5.32 Å². The van der Waals surface area contributed by atoms with Crippen molar-refractivity contribution >= 4 is 11.9 Å². The van der Waals surface area contributed by atoms with Crippen LogP contribution in [0.3, 0.4) is 0 Å². The molecule has 0 saturated heterocycles. The molecule has 82 heavy (non-hydrogen) atoms. The van der Waals surface area contributed by atoms with E-state index in [9.17, 15) is 19.8 Å². The van der Waals surface area contributed by atoms with E-state index in [0.717, 1.165) is 51.4 Å². The van der Waals surface area contributed by atoms with Gasteiger partial charge in [0.25, 0.3) is 0 Å². The van der Waals surface area contributed by atoms with Crippen LogP contribution in [-0.4, -0.2) is 47.4 Å². The number of hydrogen-bond acceptors (Lipinski definition) is 5. The Morgan fingerprint density at radius 2 is 0.610 bits per heavy atom. The molecule has 0 aliphatic heterocycles. The Bertz CT molecular complexity index is 1330. The number of esters is 1. The first-order valence-corrected chi connectivity index (χ1v) is 37.2. The standard InChI is InChI=1S/C76H145NO5/c1-3-5-7-9-11-13-15-17-19-21-38-42-46-50-54-58-62-66-70-76(81)82-71-67-63-59-55-51-47-43-39-36-34-32-30-28-26-24-22-23-25-27-29-31-33-35-37-41-45-49-53-57-61-65-69-75(80)77-73(72-78)74(79)68-64-60-56-52-48-44-40-20-18-16-14-12-10-8-6-4-2/h13,15,19,21,24,26,73-74,78-79H,3-12,14,16-18,20,22-23,25,27-72H2,1-2H3,(H,77,80)/b15-13-,21-19-,26-24-. The highest BCUT2D eigenvalue weighted by molar-refractivity contribution is 5.76. The smallest absolute Gasteiger partial charge is 0.305 e. The van der Waals surface area contributed by atoms with Gasteiger partial charge in [-0.2, -0.15) is 0 Å². The van der Waals surface area contributed by atoms with Gasteiger partial charge in [0.1, 0.15) is 0 Å². The molecular weight excluding hydrogens is 1010 g/mol. The number of carbonyl (C=O) groups excluding carboxylic acids is 2. The maximum atomic E-state index is 12.5. The SMILES string of the molecule is CCCCCC/C=C\C/C=C\CCCCCCCCCC(=O)OCCCCCCCCCCCCCC/C=C\CCCCCCCCCCCCCCCCCC(=O)NC(CO)C(O)CCCCCCCCCCCCCCCCCC. The number of ether oxygens (including phenoxy) is 1. The van der Waals surface area contributed by atoms with Crippen molar-refractivity contribution in [2.75, 3.05) is 13.2 Å². The molecule has 2 atom stereocenters. The first kappa shape index (κ1) is 80.1. The fourth-order valence-corrected chi connectivity index (χ4v) is 11.7. The Labute approximate surface area is 513 Å². The van der Waals surface area contributed by atoms with E-state index in [2.05, 4.69) is 55.6 Å². The van der Waals surface area contributed by atoms with Crippen LogP contribution in [0.25, 0.3) is 0 Å². The van der Waals surface area contributed by atoms with E-state index in [1.807, 2.05) is 0 Å². The third-order valence-corrected chi connectivity index (χ3v) is 17.4. The number of aliphatic hydroxyl groups is 2. The van der Waals surface area contributed by atoms with E-state index in [1.54, 1.807) is 0 Å². The Balaban J connectivity index is 3.35. The lowest BCUT2D eigenvalue weighted by Crippen LogP contribution is -2.45. The first-order chi connectivity index (χ1) is 40.5. The molecule has 0 aliphatic carbocycles. The Morgan fingerprint density at radius 3 is 0.951 bits per heavy atom. The molecule has 0 fully saturated rings. The first-order valence-electron chi connectivity index (χ1n) is 37.2. The van der Waals surface area contributed by atoms with Gasteiger partial charge in [-0.15, -0.1) is 0 Å². The minimum Gasteiger partial charge on any atom is -0.466 e. The second kappa shape index (κ2) is 71.6. The molecule has 0 radical (unpaired) electrons. The Kier molecular flexibility index (Phi) is 69.9. The summed E-state index contributed by atoms with van der Waals surface area (Å²) in [7, 11) is 0. The van der Waals surface area contributed by atoms with Crippen LogP contribution in [0.15, 0.2) is 36.5 Å². The summed E-state index contributed by atoms with van der Waals surface area (Å²) in [5.74, 6) is -0.0188. The van der Waals surface area contributed by atoms with Gasteiger partial charge in [-0.3, -0.25) is 9.59 Å². The average molecular weight is 1150 g/mol. The molecule has 2 unspecified atom stereocenters. The van der Waals surface area contributed by atoms with Gasteiger partial charge in [0.15, 0.2) is 0 Å². The molecule has 0 aromatic rings.